The fourth-order valence-electron chi connectivity index (χ4n) is 7.88. The van der Waals surface area contributed by atoms with E-state index < -0.39 is 0 Å². The van der Waals surface area contributed by atoms with Crippen LogP contribution in [-0.2, 0) is 0 Å². The third kappa shape index (κ3) is 3.93. The second-order valence-electron chi connectivity index (χ2n) is 12.1. The van der Waals surface area contributed by atoms with Crippen LogP contribution in [0.4, 0.5) is 5.82 Å². The summed E-state index contributed by atoms with van der Waals surface area (Å²) in [5.41, 5.74) is 2.67. The zero-order valence-electron chi connectivity index (χ0n) is 22.6. The fraction of sp³-hybridized carbons (Fsp3) is 0.438. The minimum Gasteiger partial charge on any atom is -0.508 e. The molecule has 8 heteroatoms. The standard InChI is InChI=1S/C32H34ClN5O2/c33-28-15-27-29(16-26(28)25-14-23(39)13-20-5-1-2-6-24(20)25)35-31(40-19-32-9-3-11-37(32)12-4-10-32)36-30(27)38-21-7-8-22(38)18-34-17-21/h1-2,5-6,13-16,21-22,34,39H,3-4,7-12,17-19H2. The van der Waals surface area contributed by atoms with Gasteiger partial charge in [-0.3, -0.25) is 4.90 Å². The molecule has 4 aliphatic heterocycles. The van der Waals surface area contributed by atoms with Gasteiger partial charge in [-0.2, -0.15) is 9.97 Å². The number of aromatic hydroxyl groups is 1. The van der Waals surface area contributed by atoms with Crippen molar-refractivity contribution in [2.24, 2.45) is 0 Å². The molecule has 0 amide bonds. The van der Waals surface area contributed by atoms with Gasteiger partial charge in [0, 0.05) is 41.1 Å². The number of piperazine rings is 1. The number of phenols is 1. The number of rotatable bonds is 5. The second kappa shape index (κ2) is 9.47. The molecule has 3 aromatic carbocycles. The molecular weight excluding hydrogens is 522 g/mol. The van der Waals surface area contributed by atoms with Gasteiger partial charge in [-0.1, -0.05) is 35.9 Å². The smallest absolute Gasteiger partial charge is 0.319 e. The number of benzene rings is 3. The minimum atomic E-state index is 0.123. The second-order valence-corrected chi connectivity index (χ2v) is 12.5. The monoisotopic (exact) mass is 555 g/mol. The van der Waals surface area contributed by atoms with Crippen LogP contribution in [0, 0.1) is 0 Å². The van der Waals surface area contributed by atoms with E-state index in [0.717, 1.165) is 77.6 Å². The van der Waals surface area contributed by atoms with Crippen molar-refractivity contribution in [3.63, 3.8) is 0 Å². The van der Waals surface area contributed by atoms with E-state index in [1.54, 1.807) is 12.1 Å². The number of hydrogen-bond acceptors (Lipinski definition) is 7. The van der Waals surface area contributed by atoms with E-state index in [1.807, 2.05) is 24.3 Å². The third-order valence-corrected chi connectivity index (χ3v) is 10.1. The Labute approximate surface area is 239 Å². The van der Waals surface area contributed by atoms with Crippen LogP contribution in [0.3, 0.4) is 0 Å². The van der Waals surface area contributed by atoms with Crippen molar-refractivity contribution in [1.82, 2.24) is 20.2 Å². The Morgan fingerprint density at radius 3 is 2.52 bits per heavy atom. The Morgan fingerprint density at radius 2 is 1.73 bits per heavy atom. The highest BCUT2D eigenvalue weighted by molar-refractivity contribution is 6.35. The summed E-state index contributed by atoms with van der Waals surface area (Å²) in [6, 6.07) is 17.0. The van der Waals surface area contributed by atoms with Gasteiger partial charge in [-0.05, 0) is 92.2 Å². The molecule has 2 unspecified atom stereocenters. The molecule has 4 aromatic rings. The Bertz CT molecular complexity index is 1600. The maximum absolute atomic E-state index is 10.5. The lowest BCUT2D eigenvalue weighted by atomic mass is 9.95. The van der Waals surface area contributed by atoms with Crippen LogP contribution in [-0.4, -0.2) is 70.4 Å². The summed E-state index contributed by atoms with van der Waals surface area (Å²) in [4.78, 5) is 15.2. The molecule has 5 heterocycles. The maximum atomic E-state index is 10.5. The Balaban J connectivity index is 1.27. The van der Waals surface area contributed by atoms with Gasteiger partial charge >= 0.3 is 6.01 Å². The van der Waals surface area contributed by atoms with E-state index in [2.05, 4.69) is 27.2 Å². The minimum absolute atomic E-state index is 0.123. The quantitative estimate of drug-likeness (QED) is 0.324. The summed E-state index contributed by atoms with van der Waals surface area (Å²) in [7, 11) is 0. The van der Waals surface area contributed by atoms with Crippen LogP contribution in [0.1, 0.15) is 38.5 Å². The molecule has 0 spiro atoms. The largest absolute Gasteiger partial charge is 0.508 e. The first kappa shape index (κ1) is 24.6. The molecule has 7 nitrogen and oxygen atoms in total. The molecule has 4 fully saturated rings. The Kier molecular flexibility index (Phi) is 5.83. The van der Waals surface area contributed by atoms with Crippen molar-refractivity contribution in [3.05, 3.63) is 53.6 Å². The highest BCUT2D eigenvalue weighted by atomic mass is 35.5. The number of nitrogens with zero attached hydrogens (tertiary/aromatic N) is 4. The normalized spacial score (nSPS) is 23.8. The first-order chi connectivity index (χ1) is 19.6. The third-order valence-electron chi connectivity index (χ3n) is 9.79. The molecule has 0 radical (unpaired) electrons. The van der Waals surface area contributed by atoms with E-state index in [0.29, 0.717) is 29.7 Å². The van der Waals surface area contributed by atoms with Crippen LogP contribution in [0.5, 0.6) is 11.8 Å². The van der Waals surface area contributed by atoms with E-state index in [4.69, 9.17) is 26.3 Å². The summed E-state index contributed by atoms with van der Waals surface area (Å²) >= 11 is 7.03. The van der Waals surface area contributed by atoms with Gasteiger partial charge in [0.05, 0.1) is 11.1 Å². The first-order valence-electron chi connectivity index (χ1n) is 14.7. The zero-order chi connectivity index (χ0) is 26.8. The number of fused-ring (bicyclic) bond motifs is 5. The topological polar surface area (TPSA) is 73.8 Å². The predicted octanol–water partition coefficient (Wildman–Crippen LogP) is 5.76. The van der Waals surface area contributed by atoms with Crippen LogP contribution in [0.15, 0.2) is 48.5 Å². The predicted molar refractivity (Wildman–Crippen MR) is 160 cm³/mol. The molecule has 1 aromatic heterocycles. The van der Waals surface area contributed by atoms with Gasteiger partial charge < -0.3 is 20.1 Å². The Morgan fingerprint density at radius 1 is 0.950 bits per heavy atom. The maximum Gasteiger partial charge on any atom is 0.319 e. The van der Waals surface area contributed by atoms with Crippen LogP contribution >= 0.6 is 11.6 Å². The van der Waals surface area contributed by atoms with E-state index in [-0.39, 0.29) is 11.3 Å². The molecule has 0 aliphatic carbocycles. The summed E-state index contributed by atoms with van der Waals surface area (Å²) in [6.45, 7) is 4.87. The SMILES string of the molecule is Oc1cc(-c2cc3nc(OCC45CCCN4CCC5)nc(N4C5CCC4CNC5)c3cc2Cl)c2ccccc2c1. The van der Waals surface area contributed by atoms with Crippen molar-refractivity contribution in [2.75, 3.05) is 37.7 Å². The number of halogens is 1. The van der Waals surface area contributed by atoms with Crippen molar-refractivity contribution >= 4 is 39.1 Å². The molecule has 40 heavy (non-hydrogen) atoms. The lowest BCUT2D eigenvalue weighted by Gasteiger charge is -2.37. The summed E-state index contributed by atoms with van der Waals surface area (Å²) in [5.74, 6) is 1.14. The first-order valence-corrected chi connectivity index (χ1v) is 15.1. The van der Waals surface area contributed by atoms with Gasteiger partial charge in [0.15, 0.2) is 0 Å². The molecule has 206 valence electrons. The Hall–Kier alpha value is -3.13. The molecule has 2 bridgehead atoms. The number of nitrogens with one attached hydrogen (secondary N) is 1. The molecule has 4 saturated heterocycles. The highest BCUT2D eigenvalue weighted by Gasteiger charge is 2.45. The van der Waals surface area contributed by atoms with E-state index in [9.17, 15) is 5.11 Å². The average Bonchev–Trinajstić information content (AvgIpc) is 3.61. The molecule has 2 N–H and O–H groups in total. The number of anilines is 1. The number of hydrogen-bond donors (Lipinski definition) is 2. The number of phenolic OH excluding ortho intramolecular Hbond substituents is 1. The van der Waals surface area contributed by atoms with Gasteiger partial charge in [0.2, 0.25) is 0 Å². The average molecular weight is 556 g/mol. The van der Waals surface area contributed by atoms with Gasteiger partial charge in [0.25, 0.3) is 0 Å². The summed E-state index contributed by atoms with van der Waals surface area (Å²) in [6.07, 6.45) is 7.13. The molecule has 8 rings (SSSR count). The van der Waals surface area contributed by atoms with E-state index >= 15 is 0 Å². The number of aromatic nitrogens is 2. The van der Waals surface area contributed by atoms with Crippen LogP contribution in [0.25, 0.3) is 32.8 Å². The molecule has 2 atom stereocenters. The van der Waals surface area contributed by atoms with E-state index in [1.165, 1.54) is 25.7 Å². The lowest BCUT2D eigenvalue weighted by Crippen LogP contribution is -2.52. The van der Waals surface area contributed by atoms with Crippen molar-refractivity contribution < 1.29 is 9.84 Å². The highest BCUT2D eigenvalue weighted by Crippen LogP contribution is 2.43. The zero-order valence-corrected chi connectivity index (χ0v) is 23.3. The number of ether oxygens (including phenoxy) is 1. The molecule has 4 aliphatic rings. The fourth-order valence-corrected chi connectivity index (χ4v) is 8.15. The van der Waals surface area contributed by atoms with Crippen molar-refractivity contribution in [2.45, 2.75) is 56.1 Å². The van der Waals surface area contributed by atoms with Crippen molar-refractivity contribution in [1.29, 1.82) is 0 Å². The molecule has 0 saturated carbocycles. The van der Waals surface area contributed by atoms with Gasteiger partial charge in [-0.15, -0.1) is 0 Å². The summed E-state index contributed by atoms with van der Waals surface area (Å²) < 4.78 is 6.51. The van der Waals surface area contributed by atoms with Gasteiger partial charge in [0.1, 0.15) is 18.2 Å². The van der Waals surface area contributed by atoms with Crippen molar-refractivity contribution in [3.8, 4) is 22.9 Å². The van der Waals surface area contributed by atoms with Crippen LogP contribution in [0.2, 0.25) is 5.02 Å². The molecular formula is C32H34ClN5O2. The lowest BCUT2D eigenvalue weighted by molar-refractivity contribution is 0.108. The van der Waals surface area contributed by atoms with Crippen LogP contribution < -0.4 is 15.0 Å². The summed E-state index contributed by atoms with van der Waals surface area (Å²) in [5, 5.41) is 17.7. The van der Waals surface area contributed by atoms with Gasteiger partial charge in [-0.25, -0.2) is 0 Å².